The van der Waals surface area contributed by atoms with E-state index in [2.05, 4.69) is 4.98 Å². The van der Waals surface area contributed by atoms with Crippen LogP contribution in [0.2, 0.25) is 5.02 Å². The Morgan fingerprint density at radius 2 is 1.83 bits per heavy atom. The van der Waals surface area contributed by atoms with Gasteiger partial charge in [0.15, 0.2) is 0 Å². The molecule has 1 atom stereocenters. The molecular formula is C22H19ClN2O4S. The van der Waals surface area contributed by atoms with E-state index in [-0.39, 0.29) is 18.7 Å². The van der Waals surface area contributed by atoms with Crippen LogP contribution in [0.3, 0.4) is 0 Å². The summed E-state index contributed by atoms with van der Waals surface area (Å²) in [5.41, 5.74) is 1.53. The number of methoxy groups -OCH3 is 1. The molecule has 0 aliphatic carbocycles. The standard InChI is InChI=1S/C22H19ClN2O4S/c1-28-17-6-2-14(3-7-17)19-12-30-21-20(19)22(27)25(13-24-21)10-16(26)11-29-18-8-4-15(23)5-9-18/h2-9,12-13,16,26H,10-11H2,1H3/t16-/m1/s1. The molecule has 4 rings (SSSR count). The maximum Gasteiger partial charge on any atom is 0.262 e. The average molecular weight is 443 g/mol. The lowest BCUT2D eigenvalue weighted by Gasteiger charge is -2.14. The minimum atomic E-state index is -0.874. The van der Waals surface area contributed by atoms with E-state index in [1.165, 1.54) is 22.2 Å². The Labute approximate surface area is 181 Å². The molecule has 1 N–H and O–H groups in total. The summed E-state index contributed by atoms with van der Waals surface area (Å²) in [6.45, 7) is 0.119. The van der Waals surface area contributed by atoms with Gasteiger partial charge in [0.05, 0.1) is 25.4 Å². The second kappa shape index (κ2) is 8.87. The Balaban J connectivity index is 1.55. The lowest BCUT2D eigenvalue weighted by molar-refractivity contribution is 0.0915. The molecule has 0 aliphatic rings. The van der Waals surface area contributed by atoms with Crippen LogP contribution >= 0.6 is 22.9 Å². The van der Waals surface area contributed by atoms with Gasteiger partial charge in [0.2, 0.25) is 0 Å². The number of benzene rings is 2. The fourth-order valence-corrected chi connectivity index (χ4v) is 4.12. The Bertz CT molecular complexity index is 1200. The monoisotopic (exact) mass is 442 g/mol. The van der Waals surface area contributed by atoms with Gasteiger partial charge >= 0.3 is 0 Å². The molecular weight excluding hydrogens is 424 g/mol. The molecule has 0 amide bonds. The molecule has 4 aromatic rings. The van der Waals surface area contributed by atoms with Crippen molar-refractivity contribution in [2.24, 2.45) is 0 Å². The smallest absolute Gasteiger partial charge is 0.262 e. The molecule has 0 fully saturated rings. The van der Waals surface area contributed by atoms with Gasteiger partial charge in [-0.25, -0.2) is 4.98 Å². The minimum absolute atomic E-state index is 0.0427. The van der Waals surface area contributed by atoms with E-state index in [9.17, 15) is 9.90 Å². The molecule has 8 heteroatoms. The molecule has 2 aromatic carbocycles. The van der Waals surface area contributed by atoms with Crippen molar-refractivity contribution in [2.75, 3.05) is 13.7 Å². The third-order valence-corrected chi connectivity index (χ3v) is 5.76. The fourth-order valence-electron chi connectivity index (χ4n) is 3.08. The molecule has 0 aliphatic heterocycles. The van der Waals surface area contributed by atoms with Gasteiger partial charge in [-0.15, -0.1) is 11.3 Å². The van der Waals surface area contributed by atoms with Crippen LogP contribution < -0.4 is 15.0 Å². The lowest BCUT2D eigenvalue weighted by atomic mass is 10.1. The summed E-state index contributed by atoms with van der Waals surface area (Å²) in [6.07, 6.45) is 0.588. The van der Waals surface area contributed by atoms with Crippen LogP contribution in [0.15, 0.2) is 65.0 Å². The first-order valence-corrected chi connectivity index (χ1v) is 10.5. The molecule has 0 spiro atoms. The minimum Gasteiger partial charge on any atom is -0.497 e. The third-order valence-electron chi connectivity index (χ3n) is 4.63. The van der Waals surface area contributed by atoms with Crippen molar-refractivity contribution >= 4 is 33.2 Å². The highest BCUT2D eigenvalue weighted by molar-refractivity contribution is 7.17. The fraction of sp³-hybridized carbons (Fsp3) is 0.182. The maximum atomic E-state index is 13.1. The van der Waals surface area contributed by atoms with Gasteiger partial charge in [0, 0.05) is 16.0 Å². The highest BCUT2D eigenvalue weighted by Gasteiger charge is 2.15. The average Bonchev–Trinajstić information content (AvgIpc) is 3.20. The van der Waals surface area contributed by atoms with Crippen LogP contribution in [-0.2, 0) is 6.54 Å². The molecule has 0 unspecified atom stereocenters. The van der Waals surface area contributed by atoms with E-state index in [1.807, 2.05) is 29.6 Å². The highest BCUT2D eigenvalue weighted by atomic mass is 35.5. The van der Waals surface area contributed by atoms with E-state index in [4.69, 9.17) is 21.1 Å². The second-order valence-electron chi connectivity index (χ2n) is 6.68. The Morgan fingerprint density at radius 1 is 1.13 bits per heavy atom. The largest absolute Gasteiger partial charge is 0.497 e. The van der Waals surface area contributed by atoms with Gasteiger partial charge in [-0.3, -0.25) is 9.36 Å². The number of aliphatic hydroxyl groups excluding tert-OH is 1. The normalized spacial score (nSPS) is 12.1. The van der Waals surface area contributed by atoms with Crippen molar-refractivity contribution in [3.8, 4) is 22.6 Å². The van der Waals surface area contributed by atoms with Crippen molar-refractivity contribution in [1.82, 2.24) is 9.55 Å². The zero-order chi connectivity index (χ0) is 21.1. The Morgan fingerprint density at radius 3 is 2.53 bits per heavy atom. The van der Waals surface area contributed by atoms with E-state index >= 15 is 0 Å². The molecule has 2 heterocycles. The molecule has 0 radical (unpaired) electrons. The zero-order valence-corrected chi connectivity index (χ0v) is 17.7. The second-order valence-corrected chi connectivity index (χ2v) is 7.97. The van der Waals surface area contributed by atoms with Crippen LogP contribution in [-0.4, -0.2) is 34.5 Å². The van der Waals surface area contributed by atoms with Gasteiger partial charge in [0.1, 0.15) is 29.0 Å². The molecule has 0 saturated heterocycles. The molecule has 2 aromatic heterocycles. The SMILES string of the molecule is COc1ccc(-c2csc3ncn(C[C@@H](O)COc4ccc(Cl)cc4)c(=O)c23)cc1. The van der Waals surface area contributed by atoms with E-state index in [0.29, 0.717) is 21.0 Å². The molecule has 6 nitrogen and oxygen atoms in total. The maximum absolute atomic E-state index is 13.1. The quantitative estimate of drug-likeness (QED) is 0.463. The number of hydrogen-bond acceptors (Lipinski definition) is 6. The first-order valence-electron chi connectivity index (χ1n) is 9.22. The molecule has 0 saturated carbocycles. The number of fused-ring (bicyclic) bond motifs is 1. The summed E-state index contributed by atoms with van der Waals surface area (Å²) >= 11 is 7.27. The lowest BCUT2D eigenvalue weighted by Crippen LogP contribution is -2.30. The molecule has 154 valence electrons. The van der Waals surface area contributed by atoms with Crippen LogP contribution in [0.25, 0.3) is 21.3 Å². The van der Waals surface area contributed by atoms with Crippen molar-refractivity contribution in [1.29, 1.82) is 0 Å². The number of hydrogen-bond donors (Lipinski definition) is 1. The zero-order valence-electron chi connectivity index (χ0n) is 16.1. The van der Waals surface area contributed by atoms with Gasteiger partial charge in [0.25, 0.3) is 5.56 Å². The van der Waals surface area contributed by atoms with Crippen LogP contribution in [0, 0.1) is 0 Å². The van der Waals surface area contributed by atoms with Gasteiger partial charge < -0.3 is 14.6 Å². The summed E-state index contributed by atoms with van der Waals surface area (Å²) in [5.74, 6) is 1.34. The summed E-state index contributed by atoms with van der Waals surface area (Å²) in [4.78, 5) is 18.1. The molecule has 0 bridgehead atoms. The highest BCUT2D eigenvalue weighted by Crippen LogP contribution is 2.31. The van der Waals surface area contributed by atoms with Crippen LogP contribution in [0.5, 0.6) is 11.5 Å². The summed E-state index contributed by atoms with van der Waals surface area (Å²) in [5, 5.41) is 13.4. The predicted molar refractivity (Wildman–Crippen MR) is 119 cm³/mol. The van der Waals surface area contributed by atoms with Gasteiger partial charge in [-0.2, -0.15) is 0 Å². The number of aromatic nitrogens is 2. The number of rotatable bonds is 7. The van der Waals surface area contributed by atoms with Crippen LogP contribution in [0.4, 0.5) is 0 Å². The Hall–Kier alpha value is -2.87. The van der Waals surface area contributed by atoms with E-state index < -0.39 is 6.10 Å². The van der Waals surface area contributed by atoms with Crippen LogP contribution in [0.1, 0.15) is 0 Å². The first-order chi connectivity index (χ1) is 14.5. The summed E-state index contributed by atoms with van der Waals surface area (Å²) in [6, 6.07) is 14.4. The number of nitrogens with zero attached hydrogens (tertiary/aromatic N) is 2. The van der Waals surface area contributed by atoms with Gasteiger partial charge in [-0.1, -0.05) is 23.7 Å². The Kier molecular flexibility index (Phi) is 6.03. The number of ether oxygens (including phenoxy) is 2. The van der Waals surface area contributed by atoms with Crippen molar-refractivity contribution in [3.63, 3.8) is 0 Å². The predicted octanol–water partition coefficient (Wildman–Crippen LogP) is 4.23. The molecule has 30 heavy (non-hydrogen) atoms. The van der Waals surface area contributed by atoms with Crippen molar-refractivity contribution in [3.05, 3.63) is 75.6 Å². The number of halogens is 1. The number of aliphatic hydroxyl groups is 1. The van der Waals surface area contributed by atoms with E-state index in [1.54, 1.807) is 31.4 Å². The van der Waals surface area contributed by atoms with Crippen molar-refractivity contribution < 1.29 is 14.6 Å². The topological polar surface area (TPSA) is 73.6 Å². The number of thiophene rings is 1. The third kappa shape index (κ3) is 4.33. The summed E-state index contributed by atoms with van der Waals surface area (Å²) < 4.78 is 12.2. The summed E-state index contributed by atoms with van der Waals surface area (Å²) in [7, 11) is 1.61. The van der Waals surface area contributed by atoms with Crippen molar-refractivity contribution in [2.45, 2.75) is 12.6 Å². The first kappa shape index (κ1) is 20.4. The van der Waals surface area contributed by atoms with E-state index in [0.717, 1.165) is 16.9 Å². The van der Waals surface area contributed by atoms with Gasteiger partial charge in [-0.05, 0) is 42.0 Å².